The summed E-state index contributed by atoms with van der Waals surface area (Å²) in [7, 11) is 4.40. The second-order valence-corrected chi connectivity index (χ2v) is 4.75. The van der Waals surface area contributed by atoms with E-state index >= 15 is 0 Å². The Hall–Kier alpha value is -1.56. The average Bonchev–Trinajstić information content (AvgIpc) is 2.34. The first-order chi connectivity index (χ1) is 8.87. The molecule has 1 aromatic carbocycles. The molecule has 0 atom stereocenters. The molecule has 1 aromatic rings. The maximum absolute atomic E-state index is 13.1. The molecule has 6 heteroatoms. The Kier molecular flexibility index (Phi) is 3.30. The van der Waals surface area contributed by atoms with Crippen LogP contribution < -0.4 is 19.9 Å². The molecule has 2 rings (SSSR count). The number of benzene rings is 1. The highest BCUT2D eigenvalue weighted by atomic mass is 19.3. The van der Waals surface area contributed by atoms with E-state index in [4.69, 9.17) is 19.9 Å². The van der Waals surface area contributed by atoms with E-state index < -0.39 is 24.3 Å². The molecule has 4 nitrogen and oxygen atoms in total. The zero-order valence-electron chi connectivity index (χ0n) is 11.1. The average molecular weight is 273 g/mol. The minimum atomic E-state index is -2.72. The van der Waals surface area contributed by atoms with E-state index in [1.54, 1.807) is 12.1 Å². The second-order valence-electron chi connectivity index (χ2n) is 4.75. The molecule has 1 aliphatic carbocycles. The molecule has 1 fully saturated rings. The van der Waals surface area contributed by atoms with Crippen LogP contribution in [0, 0.1) is 0 Å². The number of nitrogens with two attached hydrogens (primary N) is 1. The number of alkyl halides is 2. The summed E-state index contributed by atoms with van der Waals surface area (Å²) in [4.78, 5) is 0. The van der Waals surface area contributed by atoms with Crippen LogP contribution in [0.15, 0.2) is 12.1 Å². The molecule has 0 spiro atoms. The summed E-state index contributed by atoms with van der Waals surface area (Å²) >= 11 is 0. The lowest BCUT2D eigenvalue weighted by molar-refractivity contribution is -0.125. The molecule has 2 N–H and O–H groups in total. The second kappa shape index (κ2) is 4.52. The van der Waals surface area contributed by atoms with E-state index in [1.807, 2.05) is 0 Å². The predicted octanol–water partition coefficient (Wildman–Crippen LogP) is 2.30. The molecule has 0 amide bonds. The van der Waals surface area contributed by atoms with Crippen LogP contribution in [0.5, 0.6) is 17.2 Å². The van der Waals surface area contributed by atoms with Crippen molar-refractivity contribution in [3.8, 4) is 17.2 Å². The van der Waals surface area contributed by atoms with Crippen molar-refractivity contribution >= 4 is 0 Å². The lowest BCUT2D eigenvalue weighted by atomic mass is 9.69. The summed E-state index contributed by atoms with van der Waals surface area (Å²) in [6.07, 6.45) is -0.794. The van der Waals surface area contributed by atoms with Gasteiger partial charge in [-0.2, -0.15) is 0 Å². The summed E-state index contributed by atoms with van der Waals surface area (Å²) in [5.74, 6) is -1.53. The Morgan fingerprint density at radius 3 is 2.00 bits per heavy atom. The zero-order chi connectivity index (χ0) is 14.3. The third-order valence-electron chi connectivity index (χ3n) is 3.39. The van der Waals surface area contributed by atoms with Gasteiger partial charge in [0, 0.05) is 18.4 Å². The first kappa shape index (κ1) is 13.9. The van der Waals surface area contributed by atoms with Crippen molar-refractivity contribution in [1.82, 2.24) is 0 Å². The topological polar surface area (TPSA) is 53.7 Å². The number of hydrogen-bond donors (Lipinski definition) is 1. The van der Waals surface area contributed by atoms with E-state index in [0.717, 1.165) is 0 Å². The molecule has 1 saturated carbocycles. The van der Waals surface area contributed by atoms with Crippen molar-refractivity contribution < 1.29 is 23.0 Å². The lowest BCUT2D eigenvalue weighted by Gasteiger charge is -2.45. The lowest BCUT2D eigenvalue weighted by Crippen LogP contribution is -2.55. The van der Waals surface area contributed by atoms with Crippen LogP contribution in [0.3, 0.4) is 0 Å². The first-order valence-electron chi connectivity index (χ1n) is 5.83. The summed E-state index contributed by atoms with van der Waals surface area (Å²) in [6, 6.07) is 3.29. The highest BCUT2D eigenvalue weighted by Gasteiger charge is 2.56. The van der Waals surface area contributed by atoms with Crippen LogP contribution in [-0.4, -0.2) is 27.3 Å². The molecule has 1 aliphatic rings. The van der Waals surface area contributed by atoms with Gasteiger partial charge in [-0.05, 0) is 12.1 Å². The largest absolute Gasteiger partial charge is 0.493 e. The van der Waals surface area contributed by atoms with Crippen LogP contribution in [0.2, 0.25) is 0 Å². The van der Waals surface area contributed by atoms with Gasteiger partial charge in [-0.1, -0.05) is 0 Å². The molecule has 0 aromatic heterocycles. The Morgan fingerprint density at radius 2 is 1.58 bits per heavy atom. The third kappa shape index (κ3) is 2.20. The standard InChI is InChI=1S/C13H17F2NO3/c1-17-9-5-4-8(10(18-2)11(9)19-3)12(16)6-13(14,15)7-12/h4-5H,6-7,16H2,1-3H3. The Balaban J connectivity index is 2.47. The Morgan fingerprint density at radius 1 is 1.00 bits per heavy atom. The molecular formula is C13H17F2NO3. The molecule has 0 radical (unpaired) electrons. The smallest absolute Gasteiger partial charge is 0.252 e. The van der Waals surface area contributed by atoms with Crippen LogP contribution >= 0.6 is 0 Å². The number of halogens is 2. The fourth-order valence-electron chi connectivity index (χ4n) is 2.56. The van der Waals surface area contributed by atoms with E-state index in [-0.39, 0.29) is 0 Å². The summed E-state index contributed by atoms with van der Waals surface area (Å²) < 4.78 is 41.8. The van der Waals surface area contributed by atoms with Gasteiger partial charge < -0.3 is 19.9 Å². The van der Waals surface area contributed by atoms with Gasteiger partial charge >= 0.3 is 0 Å². The van der Waals surface area contributed by atoms with Gasteiger partial charge in [0.15, 0.2) is 11.5 Å². The maximum Gasteiger partial charge on any atom is 0.252 e. The molecular weight excluding hydrogens is 256 g/mol. The van der Waals surface area contributed by atoms with Gasteiger partial charge in [0.2, 0.25) is 5.75 Å². The number of rotatable bonds is 4. The van der Waals surface area contributed by atoms with Crippen LogP contribution in [-0.2, 0) is 5.54 Å². The van der Waals surface area contributed by atoms with E-state index in [2.05, 4.69) is 0 Å². The SMILES string of the molecule is COc1ccc(C2(N)CC(F)(F)C2)c(OC)c1OC. The van der Waals surface area contributed by atoms with Crippen LogP contribution in [0.1, 0.15) is 18.4 Å². The van der Waals surface area contributed by atoms with Crippen LogP contribution in [0.4, 0.5) is 8.78 Å². The monoisotopic (exact) mass is 273 g/mol. The molecule has 0 saturated heterocycles. The minimum absolute atomic E-state index is 0.347. The van der Waals surface area contributed by atoms with Crippen molar-refractivity contribution in [3.05, 3.63) is 17.7 Å². The minimum Gasteiger partial charge on any atom is -0.493 e. The predicted molar refractivity (Wildman–Crippen MR) is 66.1 cm³/mol. The van der Waals surface area contributed by atoms with Crippen molar-refractivity contribution in [2.45, 2.75) is 24.3 Å². The van der Waals surface area contributed by atoms with Gasteiger partial charge in [-0.25, -0.2) is 8.78 Å². The van der Waals surface area contributed by atoms with Crippen LogP contribution in [0.25, 0.3) is 0 Å². The highest BCUT2D eigenvalue weighted by Crippen LogP contribution is 2.54. The van der Waals surface area contributed by atoms with Gasteiger partial charge in [0.1, 0.15) is 0 Å². The molecule has 0 bridgehead atoms. The number of ether oxygens (including phenoxy) is 3. The normalized spacial score (nSPS) is 19.5. The number of hydrogen-bond acceptors (Lipinski definition) is 4. The van der Waals surface area contributed by atoms with Gasteiger partial charge in [-0.15, -0.1) is 0 Å². The summed E-state index contributed by atoms with van der Waals surface area (Å²) in [6.45, 7) is 0. The maximum atomic E-state index is 13.1. The van der Waals surface area contributed by atoms with E-state index in [9.17, 15) is 8.78 Å². The van der Waals surface area contributed by atoms with Gasteiger partial charge in [0.05, 0.1) is 26.9 Å². The fraction of sp³-hybridized carbons (Fsp3) is 0.538. The fourth-order valence-corrected chi connectivity index (χ4v) is 2.56. The molecule has 0 heterocycles. The number of methoxy groups -OCH3 is 3. The van der Waals surface area contributed by atoms with E-state index in [0.29, 0.717) is 22.8 Å². The van der Waals surface area contributed by atoms with Crippen molar-refractivity contribution in [1.29, 1.82) is 0 Å². The summed E-state index contributed by atoms with van der Waals surface area (Å²) in [5, 5.41) is 0. The van der Waals surface area contributed by atoms with Gasteiger partial charge in [0.25, 0.3) is 5.92 Å². The van der Waals surface area contributed by atoms with Gasteiger partial charge in [-0.3, -0.25) is 0 Å². The van der Waals surface area contributed by atoms with Crippen molar-refractivity contribution in [2.24, 2.45) is 5.73 Å². The highest BCUT2D eigenvalue weighted by molar-refractivity contribution is 5.58. The summed E-state index contributed by atoms with van der Waals surface area (Å²) in [5.41, 5.74) is 5.46. The van der Waals surface area contributed by atoms with Crippen molar-refractivity contribution in [3.63, 3.8) is 0 Å². The third-order valence-corrected chi connectivity index (χ3v) is 3.39. The zero-order valence-corrected chi connectivity index (χ0v) is 11.1. The molecule has 19 heavy (non-hydrogen) atoms. The molecule has 106 valence electrons. The molecule has 0 aliphatic heterocycles. The molecule has 0 unspecified atom stereocenters. The van der Waals surface area contributed by atoms with E-state index in [1.165, 1.54) is 21.3 Å². The Labute approximate surface area is 110 Å². The Bertz CT molecular complexity index is 483. The first-order valence-corrected chi connectivity index (χ1v) is 5.83. The van der Waals surface area contributed by atoms with Crippen molar-refractivity contribution in [2.75, 3.05) is 21.3 Å². The quantitative estimate of drug-likeness (QED) is 0.914.